The van der Waals surface area contributed by atoms with Gasteiger partial charge in [-0.1, -0.05) is 6.07 Å². The molecule has 1 amide bonds. The number of pyridine rings is 2. The first-order valence-corrected chi connectivity index (χ1v) is 10.3. The number of amides is 1. The van der Waals surface area contributed by atoms with Crippen LogP contribution in [0.4, 0.5) is 0 Å². The van der Waals surface area contributed by atoms with Crippen molar-refractivity contribution in [2.45, 2.75) is 25.2 Å². The smallest absolute Gasteiger partial charge is 0.272 e. The maximum atomic E-state index is 12.7. The van der Waals surface area contributed by atoms with E-state index in [4.69, 9.17) is 0 Å². The van der Waals surface area contributed by atoms with Gasteiger partial charge in [-0.15, -0.1) is 11.3 Å². The Morgan fingerprint density at radius 3 is 2.96 bits per heavy atom. The first-order chi connectivity index (χ1) is 13.8. The summed E-state index contributed by atoms with van der Waals surface area (Å²) in [5.41, 5.74) is 3.36. The van der Waals surface area contributed by atoms with Gasteiger partial charge in [0.25, 0.3) is 5.91 Å². The van der Waals surface area contributed by atoms with Crippen LogP contribution in [0, 0.1) is 0 Å². The Bertz CT molecular complexity index is 1130. The highest BCUT2D eigenvalue weighted by molar-refractivity contribution is 7.13. The predicted octanol–water partition coefficient (Wildman–Crippen LogP) is 3.70. The van der Waals surface area contributed by atoms with E-state index in [9.17, 15) is 4.79 Å². The monoisotopic (exact) mass is 389 g/mol. The van der Waals surface area contributed by atoms with Crippen LogP contribution in [0.3, 0.4) is 0 Å². The van der Waals surface area contributed by atoms with Crippen molar-refractivity contribution in [3.05, 3.63) is 71.5 Å². The van der Waals surface area contributed by atoms with Crippen molar-refractivity contribution in [2.24, 2.45) is 0 Å². The zero-order chi connectivity index (χ0) is 18.9. The number of carbonyl (C=O) groups is 1. The molecule has 6 nitrogen and oxygen atoms in total. The van der Waals surface area contributed by atoms with Crippen molar-refractivity contribution >= 4 is 22.8 Å². The largest absolute Gasteiger partial charge is 0.350 e. The van der Waals surface area contributed by atoms with Gasteiger partial charge in [0.2, 0.25) is 0 Å². The van der Waals surface area contributed by atoms with Gasteiger partial charge in [-0.05, 0) is 37.1 Å². The van der Waals surface area contributed by atoms with Crippen molar-refractivity contribution in [2.75, 3.05) is 6.54 Å². The molecule has 140 valence electrons. The third-order valence-corrected chi connectivity index (χ3v) is 5.80. The zero-order valence-corrected chi connectivity index (χ0v) is 16.0. The van der Waals surface area contributed by atoms with E-state index in [0.29, 0.717) is 24.6 Å². The molecule has 0 spiro atoms. The van der Waals surface area contributed by atoms with Crippen LogP contribution in [0.2, 0.25) is 0 Å². The standard InChI is InChI=1S/C21H19N5OS/c27-20(18-17-5-1-2-11-26(17)19(25-18)14-6-7-14)23-10-8-16-13-28-21(24-16)15-4-3-9-22-12-15/h1-5,9,11-14H,6-8,10H2,(H,23,27). The minimum Gasteiger partial charge on any atom is -0.350 e. The van der Waals surface area contributed by atoms with Crippen LogP contribution in [-0.4, -0.2) is 31.8 Å². The van der Waals surface area contributed by atoms with Gasteiger partial charge in [0.1, 0.15) is 10.8 Å². The number of imidazole rings is 1. The number of rotatable bonds is 6. The van der Waals surface area contributed by atoms with Crippen LogP contribution < -0.4 is 5.32 Å². The number of nitrogens with zero attached hydrogens (tertiary/aromatic N) is 4. The summed E-state index contributed by atoms with van der Waals surface area (Å²) in [5.74, 6) is 1.36. The molecule has 1 aliphatic rings. The third kappa shape index (κ3) is 3.29. The molecule has 28 heavy (non-hydrogen) atoms. The van der Waals surface area contributed by atoms with Crippen LogP contribution in [0.15, 0.2) is 54.3 Å². The highest BCUT2D eigenvalue weighted by atomic mass is 32.1. The topological polar surface area (TPSA) is 72.2 Å². The highest BCUT2D eigenvalue weighted by Crippen LogP contribution is 2.39. The van der Waals surface area contributed by atoms with Gasteiger partial charge in [-0.2, -0.15) is 0 Å². The second-order valence-electron chi connectivity index (χ2n) is 6.94. The van der Waals surface area contributed by atoms with Gasteiger partial charge in [-0.25, -0.2) is 9.97 Å². The lowest BCUT2D eigenvalue weighted by Crippen LogP contribution is -2.26. The number of hydrogen-bond acceptors (Lipinski definition) is 5. The van der Waals surface area contributed by atoms with E-state index in [2.05, 4.69) is 20.3 Å². The Hall–Kier alpha value is -3.06. The predicted molar refractivity (Wildman–Crippen MR) is 109 cm³/mol. The number of nitrogens with one attached hydrogen (secondary N) is 1. The van der Waals surface area contributed by atoms with Crippen molar-refractivity contribution in [3.8, 4) is 10.6 Å². The first-order valence-electron chi connectivity index (χ1n) is 9.39. The number of thiazole rings is 1. The molecule has 1 saturated carbocycles. The van der Waals surface area contributed by atoms with E-state index in [1.165, 1.54) is 0 Å². The summed E-state index contributed by atoms with van der Waals surface area (Å²) in [6.07, 6.45) is 8.54. The fraction of sp³-hybridized carbons (Fsp3) is 0.238. The van der Waals surface area contributed by atoms with E-state index in [-0.39, 0.29) is 5.91 Å². The zero-order valence-electron chi connectivity index (χ0n) is 15.2. The van der Waals surface area contributed by atoms with Crippen LogP contribution in [-0.2, 0) is 6.42 Å². The average molecular weight is 389 g/mol. The molecule has 0 aliphatic heterocycles. The Kier molecular flexibility index (Phi) is 4.37. The molecule has 5 rings (SSSR count). The Balaban J connectivity index is 1.26. The summed E-state index contributed by atoms with van der Waals surface area (Å²) in [7, 11) is 0. The molecule has 1 aliphatic carbocycles. The molecule has 0 bridgehead atoms. The van der Waals surface area contributed by atoms with E-state index in [1.807, 2.05) is 52.5 Å². The van der Waals surface area contributed by atoms with E-state index < -0.39 is 0 Å². The van der Waals surface area contributed by atoms with Crippen LogP contribution in [0.1, 0.15) is 40.8 Å². The molecule has 0 radical (unpaired) electrons. The van der Waals surface area contributed by atoms with Crippen molar-refractivity contribution in [1.29, 1.82) is 0 Å². The lowest BCUT2D eigenvalue weighted by Gasteiger charge is -2.02. The molecule has 4 heterocycles. The van der Waals surface area contributed by atoms with Gasteiger partial charge in [0, 0.05) is 48.4 Å². The first kappa shape index (κ1) is 17.1. The Labute approximate surface area is 166 Å². The van der Waals surface area contributed by atoms with Crippen LogP contribution in [0.25, 0.3) is 16.1 Å². The van der Waals surface area contributed by atoms with Crippen molar-refractivity contribution < 1.29 is 4.79 Å². The lowest BCUT2D eigenvalue weighted by atomic mass is 10.3. The average Bonchev–Trinajstić information content (AvgIpc) is 3.34. The molecule has 0 atom stereocenters. The normalized spacial score (nSPS) is 13.7. The Morgan fingerprint density at radius 1 is 1.21 bits per heavy atom. The molecule has 0 saturated heterocycles. The number of fused-ring (bicyclic) bond motifs is 1. The molecule has 4 aromatic heterocycles. The maximum Gasteiger partial charge on any atom is 0.272 e. The van der Waals surface area contributed by atoms with Crippen LogP contribution in [0.5, 0.6) is 0 Å². The molecule has 1 N–H and O–H groups in total. The molecule has 4 aromatic rings. The number of aromatic nitrogens is 4. The number of carbonyl (C=O) groups excluding carboxylic acids is 1. The van der Waals surface area contributed by atoms with Gasteiger partial charge < -0.3 is 9.72 Å². The highest BCUT2D eigenvalue weighted by Gasteiger charge is 2.30. The summed E-state index contributed by atoms with van der Waals surface area (Å²) in [5, 5.41) is 5.98. The van der Waals surface area contributed by atoms with E-state index in [1.54, 1.807) is 17.5 Å². The van der Waals surface area contributed by atoms with Gasteiger partial charge in [0.05, 0.1) is 11.2 Å². The molecule has 7 heteroatoms. The summed E-state index contributed by atoms with van der Waals surface area (Å²) in [4.78, 5) is 26.1. The number of hydrogen-bond donors (Lipinski definition) is 1. The van der Waals surface area contributed by atoms with Crippen molar-refractivity contribution in [1.82, 2.24) is 24.7 Å². The molecule has 1 fully saturated rings. The minimum absolute atomic E-state index is 0.127. The maximum absolute atomic E-state index is 12.7. The molecular weight excluding hydrogens is 370 g/mol. The Morgan fingerprint density at radius 2 is 2.14 bits per heavy atom. The van der Waals surface area contributed by atoms with Crippen LogP contribution >= 0.6 is 11.3 Å². The molecular formula is C21H19N5OS. The van der Waals surface area contributed by atoms with Crippen molar-refractivity contribution in [3.63, 3.8) is 0 Å². The fourth-order valence-electron chi connectivity index (χ4n) is 3.29. The second kappa shape index (κ2) is 7.16. The summed E-state index contributed by atoms with van der Waals surface area (Å²) < 4.78 is 2.05. The fourth-order valence-corrected chi connectivity index (χ4v) is 4.13. The second-order valence-corrected chi connectivity index (χ2v) is 7.80. The quantitative estimate of drug-likeness (QED) is 0.546. The van der Waals surface area contributed by atoms with E-state index >= 15 is 0 Å². The van der Waals surface area contributed by atoms with Gasteiger partial charge >= 0.3 is 0 Å². The van der Waals surface area contributed by atoms with Gasteiger partial charge in [-0.3, -0.25) is 9.78 Å². The molecule has 0 unspecified atom stereocenters. The molecule has 0 aromatic carbocycles. The van der Waals surface area contributed by atoms with E-state index in [0.717, 1.165) is 40.4 Å². The SMILES string of the molecule is O=C(NCCc1csc(-c2cccnc2)n1)c1nc(C2CC2)n2ccccc12. The summed E-state index contributed by atoms with van der Waals surface area (Å²) in [6.45, 7) is 0.527. The summed E-state index contributed by atoms with van der Waals surface area (Å²) >= 11 is 1.59. The minimum atomic E-state index is -0.127. The third-order valence-electron chi connectivity index (χ3n) is 4.86. The van der Waals surface area contributed by atoms with Gasteiger partial charge in [0.15, 0.2) is 5.69 Å². The lowest BCUT2D eigenvalue weighted by molar-refractivity contribution is 0.0951. The summed E-state index contributed by atoms with van der Waals surface area (Å²) in [6, 6.07) is 9.78.